The summed E-state index contributed by atoms with van der Waals surface area (Å²) < 4.78 is 24.3. The number of nitriles is 1. The molecule has 39 heavy (non-hydrogen) atoms. The number of hydrogen-bond acceptors (Lipinski definition) is 5. The zero-order valence-electron chi connectivity index (χ0n) is 24.1. The summed E-state index contributed by atoms with van der Waals surface area (Å²) in [6, 6.07) is 14.9. The molecule has 1 N–H and O–H groups in total. The first kappa shape index (κ1) is 30.9. The Morgan fingerprint density at radius 1 is 0.949 bits per heavy atom. The van der Waals surface area contributed by atoms with Crippen LogP contribution in [-0.4, -0.2) is 43.9 Å². The van der Waals surface area contributed by atoms with Crippen molar-refractivity contribution in [2.24, 2.45) is 5.92 Å². The molecule has 3 rings (SSSR count). The molecule has 0 radical (unpaired) electrons. The zero-order chi connectivity index (χ0) is 28.1. The summed E-state index contributed by atoms with van der Waals surface area (Å²) in [5.41, 5.74) is 1.25. The van der Waals surface area contributed by atoms with Crippen molar-refractivity contribution in [3.63, 3.8) is 0 Å². The van der Waals surface area contributed by atoms with Gasteiger partial charge >= 0.3 is 0 Å². The second-order valence-electron chi connectivity index (χ2n) is 11.1. The lowest BCUT2D eigenvalue weighted by molar-refractivity contribution is 0.0580. The van der Waals surface area contributed by atoms with Crippen molar-refractivity contribution in [3.05, 3.63) is 59.4 Å². The Bertz CT molecular complexity index is 1030. The van der Waals surface area contributed by atoms with E-state index >= 15 is 0 Å². The van der Waals surface area contributed by atoms with E-state index in [1.807, 2.05) is 18.2 Å². The SMILES string of the molecule is CCCCCCCCC(C#N)(CCCN1CCC(C(O)c2ccc(F)cc2)CC1)c1ccc(OC)c(OC)c1. The second-order valence-corrected chi connectivity index (χ2v) is 11.1. The van der Waals surface area contributed by atoms with E-state index in [4.69, 9.17) is 9.47 Å². The van der Waals surface area contributed by atoms with Crippen molar-refractivity contribution in [2.75, 3.05) is 33.9 Å². The molecule has 1 heterocycles. The highest BCUT2D eigenvalue weighted by Gasteiger charge is 2.33. The van der Waals surface area contributed by atoms with E-state index in [0.717, 1.165) is 75.7 Å². The number of nitrogens with zero attached hydrogens (tertiary/aromatic N) is 2. The molecule has 2 aromatic rings. The fraction of sp³-hybridized carbons (Fsp3) is 0.606. The van der Waals surface area contributed by atoms with Crippen molar-refractivity contribution in [3.8, 4) is 17.6 Å². The van der Waals surface area contributed by atoms with Crippen molar-refractivity contribution in [1.82, 2.24) is 4.90 Å². The lowest BCUT2D eigenvalue weighted by Crippen LogP contribution is -2.37. The van der Waals surface area contributed by atoms with Gasteiger partial charge in [-0.25, -0.2) is 4.39 Å². The van der Waals surface area contributed by atoms with E-state index in [1.54, 1.807) is 26.4 Å². The topological polar surface area (TPSA) is 65.7 Å². The summed E-state index contributed by atoms with van der Waals surface area (Å²) in [7, 11) is 3.27. The van der Waals surface area contributed by atoms with Gasteiger partial charge in [0.1, 0.15) is 5.82 Å². The quantitative estimate of drug-likeness (QED) is 0.223. The largest absolute Gasteiger partial charge is 0.493 e. The Morgan fingerprint density at radius 2 is 1.59 bits per heavy atom. The van der Waals surface area contributed by atoms with Crippen LogP contribution in [0.3, 0.4) is 0 Å². The van der Waals surface area contributed by atoms with E-state index in [2.05, 4.69) is 17.9 Å². The third-order valence-electron chi connectivity index (χ3n) is 8.48. The molecule has 0 aromatic heterocycles. The third-order valence-corrected chi connectivity index (χ3v) is 8.48. The highest BCUT2D eigenvalue weighted by atomic mass is 19.1. The van der Waals surface area contributed by atoms with E-state index in [9.17, 15) is 14.8 Å². The van der Waals surface area contributed by atoms with Gasteiger partial charge in [0, 0.05) is 0 Å². The Balaban J connectivity index is 1.59. The number of aliphatic hydroxyl groups is 1. The maximum atomic E-state index is 13.3. The zero-order valence-corrected chi connectivity index (χ0v) is 24.1. The number of aliphatic hydroxyl groups excluding tert-OH is 1. The first-order valence-corrected chi connectivity index (χ1v) is 14.8. The molecule has 1 aliphatic rings. The molecule has 6 heteroatoms. The molecule has 0 bridgehead atoms. The minimum atomic E-state index is -0.554. The highest BCUT2D eigenvalue weighted by molar-refractivity contribution is 5.47. The standard InChI is InChI=1S/C33H47FN2O3/c1-4-5-6-7-8-9-19-33(25-35,28-13-16-30(38-2)31(24-28)39-3)20-10-21-36-22-17-27(18-23-36)32(37)26-11-14-29(34)15-12-26/h11-16,24,27,32,37H,4-10,17-23H2,1-3H3. The summed E-state index contributed by atoms with van der Waals surface area (Å²) in [5.74, 6) is 1.25. The Hall–Kier alpha value is -2.62. The summed E-state index contributed by atoms with van der Waals surface area (Å²) in [4.78, 5) is 2.45. The van der Waals surface area contributed by atoms with Crippen LogP contribution in [0.5, 0.6) is 11.5 Å². The van der Waals surface area contributed by atoms with Gasteiger partial charge in [0.25, 0.3) is 0 Å². The predicted molar refractivity (Wildman–Crippen MR) is 155 cm³/mol. The normalized spacial score (nSPS) is 16.8. The molecule has 1 aliphatic heterocycles. The average Bonchev–Trinajstić information content (AvgIpc) is 2.98. The maximum absolute atomic E-state index is 13.3. The number of ether oxygens (including phenoxy) is 2. The smallest absolute Gasteiger partial charge is 0.161 e. The highest BCUT2D eigenvalue weighted by Crippen LogP contribution is 2.39. The van der Waals surface area contributed by atoms with Crippen molar-refractivity contribution in [1.29, 1.82) is 5.26 Å². The van der Waals surface area contributed by atoms with Crippen LogP contribution in [-0.2, 0) is 5.41 Å². The molecule has 2 unspecified atom stereocenters. The molecule has 2 aromatic carbocycles. The van der Waals surface area contributed by atoms with E-state index in [1.165, 1.54) is 37.8 Å². The maximum Gasteiger partial charge on any atom is 0.161 e. The van der Waals surface area contributed by atoms with Gasteiger partial charge in [0.15, 0.2) is 11.5 Å². The predicted octanol–water partition coefficient (Wildman–Crippen LogP) is 7.58. The number of rotatable bonds is 16. The first-order chi connectivity index (χ1) is 19.0. The van der Waals surface area contributed by atoms with Crippen molar-refractivity contribution < 1.29 is 19.0 Å². The van der Waals surface area contributed by atoms with Gasteiger partial charge in [0.2, 0.25) is 0 Å². The third kappa shape index (κ3) is 8.68. The van der Waals surface area contributed by atoms with E-state index in [0.29, 0.717) is 11.5 Å². The molecule has 5 nitrogen and oxygen atoms in total. The average molecular weight is 539 g/mol. The molecule has 0 saturated carbocycles. The van der Waals surface area contributed by atoms with Crippen LogP contribution in [0.4, 0.5) is 4.39 Å². The van der Waals surface area contributed by atoms with Crippen LogP contribution < -0.4 is 9.47 Å². The van der Waals surface area contributed by atoms with Crippen LogP contribution >= 0.6 is 0 Å². The molecular weight excluding hydrogens is 491 g/mol. The summed E-state index contributed by atoms with van der Waals surface area (Å²) >= 11 is 0. The van der Waals surface area contributed by atoms with E-state index in [-0.39, 0.29) is 11.7 Å². The summed E-state index contributed by atoms with van der Waals surface area (Å²) in [6.45, 7) is 5.02. The summed E-state index contributed by atoms with van der Waals surface area (Å²) in [6.07, 6.45) is 11.0. The number of benzene rings is 2. The second kappa shape index (κ2) is 15.8. The molecule has 214 valence electrons. The van der Waals surface area contributed by atoms with Crippen LogP contribution in [0.15, 0.2) is 42.5 Å². The van der Waals surface area contributed by atoms with Crippen molar-refractivity contribution in [2.45, 2.75) is 89.1 Å². The first-order valence-electron chi connectivity index (χ1n) is 14.8. The number of hydrogen-bond donors (Lipinski definition) is 1. The monoisotopic (exact) mass is 538 g/mol. The molecule has 0 spiro atoms. The molecule has 0 aliphatic carbocycles. The van der Waals surface area contributed by atoms with Gasteiger partial charge in [-0.1, -0.05) is 63.6 Å². The van der Waals surface area contributed by atoms with Crippen molar-refractivity contribution >= 4 is 0 Å². The lowest BCUT2D eigenvalue weighted by Gasteiger charge is -2.35. The van der Waals surface area contributed by atoms with Gasteiger partial charge < -0.3 is 19.5 Å². The molecular formula is C33H47FN2O3. The molecule has 0 amide bonds. The van der Waals surface area contributed by atoms with Crippen LogP contribution in [0.25, 0.3) is 0 Å². The van der Waals surface area contributed by atoms with Crippen LogP contribution in [0.2, 0.25) is 0 Å². The molecule has 1 saturated heterocycles. The number of methoxy groups -OCH3 is 2. The van der Waals surface area contributed by atoms with Gasteiger partial charge in [-0.3, -0.25) is 0 Å². The number of piperidine rings is 1. The molecule has 1 fully saturated rings. The van der Waals surface area contributed by atoms with E-state index < -0.39 is 11.5 Å². The fourth-order valence-corrected chi connectivity index (χ4v) is 5.96. The fourth-order valence-electron chi connectivity index (χ4n) is 5.96. The lowest BCUT2D eigenvalue weighted by atomic mass is 9.74. The number of halogens is 1. The summed E-state index contributed by atoms with van der Waals surface area (Å²) in [5, 5.41) is 21.3. The van der Waals surface area contributed by atoms with Crippen LogP contribution in [0, 0.1) is 23.1 Å². The molecule has 2 atom stereocenters. The van der Waals surface area contributed by atoms with Gasteiger partial charge in [-0.15, -0.1) is 0 Å². The number of likely N-dealkylation sites (tertiary alicyclic amines) is 1. The Morgan fingerprint density at radius 3 is 2.23 bits per heavy atom. The van der Waals surface area contributed by atoms with Gasteiger partial charge in [0.05, 0.1) is 31.8 Å². The van der Waals surface area contributed by atoms with Crippen LogP contribution in [0.1, 0.15) is 94.8 Å². The van der Waals surface area contributed by atoms with Gasteiger partial charge in [-0.05, 0) is 93.0 Å². The Kier molecular flexibility index (Phi) is 12.6. The van der Waals surface area contributed by atoms with Gasteiger partial charge in [-0.2, -0.15) is 5.26 Å². The minimum Gasteiger partial charge on any atom is -0.493 e. The number of unbranched alkanes of at least 4 members (excludes halogenated alkanes) is 5. The Labute approximate surface area is 234 Å². The minimum absolute atomic E-state index is 0.185.